The standard InChI is InChI=1S/C25H39N5O2.HI/c1-5-26-24(27-15-18-30-22(31)7-6-8-23(30)32)28-20-13-16-29(17-14-20)21-11-9-19(10-12-21)25(2,3)4;/h9-12,20H,5-8,13-18H2,1-4H3,(H2,26,27,28);1H. The van der Waals surface area contributed by atoms with E-state index in [1.807, 2.05) is 6.92 Å². The van der Waals surface area contributed by atoms with Crippen LogP contribution in [0.3, 0.4) is 0 Å². The van der Waals surface area contributed by atoms with E-state index in [0.29, 0.717) is 38.4 Å². The Morgan fingerprint density at radius 2 is 1.67 bits per heavy atom. The average Bonchev–Trinajstić information content (AvgIpc) is 2.76. The Kier molecular flexibility index (Phi) is 10.4. The van der Waals surface area contributed by atoms with Crippen LogP contribution in [-0.4, -0.2) is 61.4 Å². The smallest absolute Gasteiger partial charge is 0.229 e. The van der Waals surface area contributed by atoms with Crippen LogP contribution in [0.15, 0.2) is 29.3 Å². The number of aliphatic imine (C=N–C) groups is 1. The largest absolute Gasteiger partial charge is 0.371 e. The van der Waals surface area contributed by atoms with E-state index in [2.05, 4.69) is 65.6 Å². The van der Waals surface area contributed by atoms with E-state index < -0.39 is 0 Å². The summed E-state index contributed by atoms with van der Waals surface area (Å²) >= 11 is 0. The molecule has 2 heterocycles. The van der Waals surface area contributed by atoms with E-state index in [9.17, 15) is 9.59 Å². The number of hydrogen-bond acceptors (Lipinski definition) is 4. The highest BCUT2D eigenvalue weighted by molar-refractivity contribution is 14.0. The third kappa shape index (κ3) is 7.86. The van der Waals surface area contributed by atoms with Crippen LogP contribution < -0.4 is 15.5 Å². The molecule has 1 aromatic rings. The quantitative estimate of drug-likeness (QED) is 0.237. The third-order valence-electron chi connectivity index (χ3n) is 6.26. The summed E-state index contributed by atoms with van der Waals surface area (Å²) in [6.07, 6.45) is 3.67. The fourth-order valence-corrected chi connectivity index (χ4v) is 4.28. The second-order valence-corrected chi connectivity index (χ2v) is 9.76. The van der Waals surface area contributed by atoms with E-state index in [0.717, 1.165) is 38.4 Å². The maximum absolute atomic E-state index is 12.0. The van der Waals surface area contributed by atoms with Gasteiger partial charge in [0, 0.05) is 50.7 Å². The van der Waals surface area contributed by atoms with Gasteiger partial charge in [-0.2, -0.15) is 0 Å². The van der Waals surface area contributed by atoms with Gasteiger partial charge in [0.2, 0.25) is 11.8 Å². The SMILES string of the molecule is CCNC(=NCCN1C(=O)CCCC1=O)NC1CCN(c2ccc(C(C)(C)C)cc2)CC1.I. The molecule has 2 N–H and O–H groups in total. The summed E-state index contributed by atoms with van der Waals surface area (Å²) in [5, 5.41) is 6.83. The van der Waals surface area contributed by atoms with E-state index >= 15 is 0 Å². The van der Waals surface area contributed by atoms with Gasteiger partial charge in [-0.1, -0.05) is 32.9 Å². The average molecular weight is 570 g/mol. The van der Waals surface area contributed by atoms with Gasteiger partial charge in [-0.15, -0.1) is 24.0 Å². The van der Waals surface area contributed by atoms with Crippen LogP contribution in [0, 0.1) is 0 Å². The second-order valence-electron chi connectivity index (χ2n) is 9.76. The van der Waals surface area contributed by atoms with Gasteiger partial charge in [-0.3, -0.25) is 19.5 Å². The van der Waals surface area contributed by atoms with E-state index in [-0.39, 0.29) is 41.2 Å². The maximum atomic E-state index is 12.0. The molecule has 8 heteroatoms. The molecule has 2 aliphatic heterocycles. The van der Waals surface area contributed by atoms with Crippen molar-refractivity contribution >= 4 is 47.4 Å². The van der Waals surface area contributed by atoms with Crippen molar-refractivity contribution in [3.05, 3.63) is 29.8 Å². The predicted molar refractivity (Wildman–Crippen MR) is 145 cm³/mol. The van der Waals surface area contributed by atoms with E-state index in [1.165, 1.54) is 16.2 Å². The first-order valence-corrected chi connectivity index (χ1v) is 12.0. The molecule has 0 spiro atoms. The Labute approximate surface area is 215 Å². The van der Waals surface area contributed by atoms with Crippen molar-refractivity contribution in [3.63, 3.8) is 0 Å². The van der Waals surface area contributed by atoms with Gasteiger partial charge >= 0.3 is 0 Å². The van der Waals surface area contributed by atoms with Gasteiger partial charge in [0.05, 0.1) is 6.54 Å². The van der Waals surface area contributed by atoms with Crippen LogP contribution >= 0.6 is 24.0 Å². The minimum atomic E-state index is -0.0719. The number of piperidine rings is 2. The minimum absolute atomic E-state index is 0. The maximum Gasteiger partial charge on any atom is 0.229 e. The highest BCUT2D eigenvalue weighted by atomic mass is 127. The zero-order valence-corrected chi connectivity index (χ0v) is 22.9. The van der Waals surface area contributed by atoms with Gasteiger partial charge < -0.3 is 15.5 Å². The zero-order valence-electron chi connectivity index (χ0n) is 20.5. The first kappa shape index (κ1) is 27.4. The van der Waals surface area contributed by atoms with Gasteiger partial charge in [0.25, 0.3) is 0 Å². The lowest BCUT2D eigenvalue weighted by Crippen LogP contribution is -2.49. The molecule has 0 aromatic heterocycles. The molecular weight excluding hydrogens is 529 g/mol. The topological polar surface area (TPSA) is 77.0 Å². The number of likely N-dealkylation sites (tertiary alicyclic amines) is 1. The molecule has 1 aromatic carbocycles. The number of benzene rings is 1. The number of halogens is 1. The Balaban J connectivity index is 0.00000385. The van der Waals surface area contributed by atoms with Crippen molar-refractivity contribution in [1.82, 2.24) is 15.5 Å². The fourth-order valence-electron chi connectivity index (χ4n) is 4.28. The number of amides is 2. The van der Waals surface area contributed by atoms with Crippen LogP contribution in [-0.2, 0) is 15.0 Å². The molecule has 184 valence electrons. The molecule has 2 amide bonds. The van der Waals surface area contributed by atoms with Gasteiger partial charge in [-0.05, 0) is 49.3 Å². The molecule has 0 bridgehead atoms. The van der Waals surface area contributed by atoms with E-state index in [1.54, 1.807) is 0 Å². The van der Waals surface area contributed by atoms with Crippen molar-refractivity contribution < 1.29 is 9.59 Å². The molecule has 3 rings (SSSR count). The number of imide groups is 1. The fraction of sp³-hybridized carbons (Fsp3) is 0.640. The molecule has 2 aliphatic rings. The molecular formula is C25H40IN5O2. The third-order valence-corrected chi connectivity index (χ3v) is 6.26. The van der Waals surface area contributed by atoms with Crippen LogP contribution in [0.2, 0.25) is 0 Å². The Morgan fingerprint density at radius 1 is 1.06 bits per heavy atom. The summed E-state index contributed by atoms with van der Waals surface area (Å²) in [7, 11) is 0. The number of hydrogen-bond donors (Lipinski definition) is 2. The number of anilines is 1. The molecule has 0 aliphatic carbocycles. The molecule has 7 nitrogen and oxygen atoms in total. The summed E-state index contributed by atoms with van der Waals surface area (Å²) in [5.41, 5.74) is 2.82. The zero-order chi connectivity index (χ0) is 23.1. The molecule has 0 radical (unpaired) electrons. The first-order valence-electron chi connectivity index (χ1n) is 12.0. The van der Waals surface area contributed by atoms with E-state index in [4.69, 9.17) is 0 Å². The normalized spacial score (nSPS) is 18.2. The summed E-state index contributed by atoms with van der Waals surface area (Å²) in [5.74, 6) is 0.618. The molecule has 33 heavy (non-hydrogen) atoms. The Bertz CT molecular complexity index is 795. The predicted octanol–water partition coefficient (Wildman–Crippen LogP) is 3.67. The lowest BCUT2D eigenvalue weighted by molar-refractivity contribution is -0.147. The monoisotopic (exact) mass is 569 g/mol. The number of nitrogens with zero attached hydrogens (tertiary/aromatic N) is 3. The van der Waals surface area contributed by atoms with Gasteiger partial charge in [0.15, 0.2) is 5.96 Å². The number of guanidine groups is 1. The number of nitrogens with one attached hydrogen (secondary N) is 2. The van der Waals surface area contributed by atoms with Gasteiger partial charge in [-0.25, -0.2) is 0 Å². The summed E-state index contributed by atoms with van der Waals surface area (Å²) in [6.45, 7) is 12.3. The summed E-state index contributed by atoms with van der Waals surface area (Å²) < 4.78 is 0. The summed E-state index contributed by atoms with van der Waals surface area (Å²) in [6, 6.07) is 9.32. The molecule has 2 saturated heterocycles. The highest BCUT2D eigenvalue weighted by Gasteiger charge is 2.25. The highest BCUT2D eigenvalue weighted by Crippen LogP contribution is 2.26. The Hall–Kier alpha value is -1.84. The molecule has 0 saturated carbocycles. The molecule has 2 fully saturated rings. The number of carbonyl (C=O) groups excluding carboxylic acids is 2. The molecule has 0 atom stereocenters. The van der Waals surface area contributed by atoms with Crippen molar-refractivity contribution in [2.45, 2.75) is 71.3 Å². The number of carbonyl (C=O) groups is 2. The van der Waals surface area contributed by atoms with Crippen LogP contribution in [0.4, 0.5) is 5.69 Å². The minimum Gasteiger partial charge on any atom is -0.371 e. The summed E-state index contributed by atoms with van der Waals surface area (Å²) in [4.78, 5) is 32.3. The first-order chi connectivity index (χ1) is 15.3. The second kappa shape index (κ2) is 12.6. The molecule has 0 unspecified atom stereocenters. The van der Waals surface area contributed by atoms with Crippen molar-refractivity contribution in [2.75, 3.05) is 37.6 Å². The lowest BCUT2D eigenvalue weighted by Gasteiger charge is -2.35. The number of rotatable bonds is 6. The Morgan fingerprint density at radius 3 is 2.21 bits per heavy atom. The van der Waals surface area contributed by atoms with Crippen molar-refractivity contribution in [1.29, 1.82) is 0 Å². The van der Waals surface area contributed by atoms with Crippen LogP contribution in [0.5, 0.6) is 0 Å². The lowest BCUT2D eigenvalue weighted by atomic mass is 9.87. The van der Waals surface area contributed by atoms with Crippen molar-refractivity contribution in [2.24, 2.45) is 4.99 Å². The van der Waals surface area contributed by atoms with Crippen LogP contribution in [0.25, 0.3) is 0 Å². The van der Waals surface area contributed by atoms with Crippen molar-refractivity contribution in [3.8, 4) is 0 Å². The van der Waals surface area contributed by atoms with Gasteiger partial charge in [0.1, 0.15) is 0 Å². The van der Waals surface area contributed by atoms with Crippen LogP contribution in [0.1, 0.15) is 65.4 Å².